The maximum atomic E-state index is 12.8. The Labute approximate surface area is 227 Å². The summed E-state index contributed by atoms with van der Waals surface area (Å²) < 4.78 is 35.6. The maximum absolute atomic E-state index is 12.8. The average Bonchev–Trinajstić information content (AvgIpc) is 3.56. The van der Waals surface area contributed by atoms with E-state index in [0.717, 1.165) is 36.3 Å². The number of phenolic OH excluding ortho intramolecular Hbond substituents is 1. The SMILES string of the molecule is COc1cc(-c2nc(C(F)F)cs2)c(O)cc1C(=O)NCc1ccc(Cl)cc1.O=C1OCC2CCCCN12. The molecular formula is C26H26ClF2N3O5S. The number of cyclic esters (lactones) is 1. The van der Waals surface area contributed by atoms with Crippen molar-refractivity contribution in [3.63, 3.8) is 0 Å². The zero-order valence-electron chi connectivity index (χ0n) is 20.5. The zero-order valence-corrected chi connectivity index (χ0v) is 22.0. The van der Waals surface area contributed by atoms with Gasteiger partial charge >= 0.3 is 6.09 Å². The lowest BCUT2D eigenvalue weighted by atomic mass is 10.0. The molecule has 2 saturated heterocycles. The van der Waals surface area contributed by atoms with Crippen LogP contribution < -0.4 is 10.1 Å². The normalized spacial score (nSPS) is 16.4. The summed E-state index contributed by atoms with van der Waals surface area (Å²) in [5.41, 5.74) is 0.800. The van der Waals surface area contributed by atoms with Crippen LogP contribution in [0.1, 0.15) is 47.3 Å². The van der Waals surface area contributed by atoms with Crippen LogP contribution in [0.2, 0.25) is 5.02 Å². The summed E-state index contributed by atoms with van der Waals surface area (Å²) in [4.78, 5) is 29.1. The summed E-state index contributed by atoms with van der Waals surface area (Å²) in [5.74, 6) is -0.524. The summed E-state index contributed by atoms with van der Waals surface area (Å²) in [7, 11) is 1.37. The molecule has 38 heavy (non-hydrogen) atoms. The fourth-order valence-corrected chi connectivity index (χ4v) is 5.10. The quantitative estimate of drug-likeness (QED) is 0.378. The number of piperidine rings is 1. The van der Waals surface area contributed by atoms with Gasteiger partial charge in [-0.05, 0) is 49.1 Å². The summed E-state index contributed by atoms with van der Waals surface area (Å²) in [6.45, 7) is 1.79. The highest BCUT2D eigenvalue weighted by Gasteiger charge is 2.34. The van der Waals surface area contributed by atoms with Gasteiger partial charge < -0.3 is 24.8 Å². The van der Waals surface area contributed by atoms with E-state index in [1.54, 1.807) is 24.3 Å². The third kappa shape index (κ3) is 6.51. The first-order chi connectivity index (χ1) is 18.3. The fourth-order valence-electron chi connectivity index (χ4n) is 4.14. The molecule has 1 aromatic heterocycles. The summed E-state index contributed by atoms with van der Waals surface area (Å²) in [6, 6.07) is 10.0. The van der Waals surface area contributed by atoms with Gasteiger partial charge in [0.05, 0.1) is 24.3 Å². The average molecular weight is 566 g/mol. The minimum Gasteiger partial charge on any atom is -0.507 e. The van der Waals surface area contributed by atoms with Gasteiger partial charge in [0.1, 0.15) is 28.8 Å². The number of amides is 2. The van der Waals surface area contributed by atoms with E-state index in [0.29, 0.717) is 17.7 Å². The van der Waals surface area contributed by atoms with Crippen molar-refractivity contribution in [1.82, 2.24) is 15.2 Å². The van der Waals surface area contributed by atoms with E-state index in [2.05, 4.69) is 10.3 Å². The molecule has 2 fully saturated rings. The molecule has 2 N–H and O–H groups in total. The van der Waals surface area contributed by atoms with Crippen LogP contribution in [0.4, 0.5) is 13.6 Å². The van der Waals surface area contributed by atoms with E-state index < -0.39 is 12.3 Å². The Morgan fingerprint density at radius 3 is 2.74 bits per heavy atom. The van der Waals surface area contributed by atoms with Crippen molar-refractivity contribution in [3.8, 4) is 22.1 Å². The molecule has 2 aromatic carbocycles. The van der Waals surface area contributed by atoms with E-state index in [1.807, 2.05) is 4.90 Å². The van der Waals surface area contributed by atoms with Gasteiger partial charge in [0.25, 0.3) is 12.3 Å². The van der Waals surface area contributed by atoms with Crippen LogP contribution in [0.3, 0.4) is 0 Å². The van der Waals surface area contributed by atoms with Crippen molar-refractivity contribution >= 4 is 34.9 Å². The van der Waals surface area contributed by atoms with Crippen molar-refractivity contribution in [2.75, 3.05) is 20.3 Å². The standard InChI is InChI=1S/C19H15ClF2N2O3S.C7H11NO2/c1-27-16-7-12(19-24-14(9-28-19)17(21)22)15(25)6-13(16)18(26)23-8-10-2-4-11(20)5-3-10;9-7-8-4-2-1-3-6(8)5-10-7/h2-7,9,17,25H,8H2,1H3,(H,23,26);6H,1-5H2. The number of fused-ring (bicyclic) bond motifs is 1. The molecule has 0 saturated carbocycles. The lowest BCUT2D eigenvalue weighted by Gasteiger charge is -2.25. The Balaban J connectivity index is 0.000000278. The monoisotopic (exact) mass is 565 g/mol. The number of nitrogens with zero attached hydrogens (tertiary/aromatic N) is 2. The maximum Gasteiger partial charge on any atom is 0.410 e. The number of hydrogen-bond acceptors (Lipinski definition) is 7. The molecule has 2 aliphatic heterocycles. The number of rotatable bonds is 6. The van der Waals surface area contributed by atoms with Gasteiger partial charge in [-0.3, -0.25) is 4.79 Å². The third-order valence-corrected chi connectivity index (χ3v) is 7.31. The lowest BCUT2D eigenvalue weighted by molar-refractivity contribution is 0.0947. The Morgan fingerprint density at radius 2 is 2.08 bits per heavy atom. The molecular weight excluding hydrogens is 540 g/mol. The highest BCUT2D eigenvalue weighted by Crippen LogP contribution is 2.38. The smallest absolute Gasteiger partial charge is 0.410 e. The largest absolute Gasteiger partial charge is 0.507 e. The first kappa shape index (κ1) is 27.6. The van der Waals surface area contributed by atoms with Crippen LogP contribution in [-0.4, -0.2) is 53.3 Å². The second-order valence-electron chi connectivity index (χ2n) is 8.68. The van der Waals surface area contributed by atoms with Crippen LogP contribution in [0, 0.1) is 0 Å². The lowest BCUT2D eigenvalue weighted by Crippen LogP contribution is -2.37. The van der Waals surface area contributed by atoms with Gasteiger partial charge in [0, 0.05) is 23.5 Å². The highest BCUT2D eigenvalue weighted by molar-refractivity contribution is 7.13. The number of methoxy groups -OCH3 is 1. The number of alkyl halides is 2. The van der Waals surface area contributed by atoms with Gasteiger partial charge in [0.15, 0.2) is 0 Å². The number of nitrogens with one attached hydrogen (secondary N) is 1. The molecule has 202 valence electrons. The molecule has 5 rings (SSSR count). The summed E-state index contributed by atoms with van der Waals surface area (Å²) >= 11 is 6.80. The topological polar surface area (TPSA) is 101 Å². The third-order valence-electron chi connectivity index (χ3n) is 6.17. The first-order valence-corrected chi connectivity index (χ1v) is 13.1. The van der Waals surface area contributed by atoms with Crippen molar-refractivity contribution in [3.05, 3.63) is 63.6 Å². The molecule has 2 amide bonds. The van der Waals surface area contributed by atoms with Crippen LogP contribution in [0.15, 0.2) is 41.8 Å². The number of carbonyl (C=O) groups excluding carboxylic acids is 2. The van der Waals surface area contributed by atoms with E-state index >= 15 is 0 Å². The van der Waals surface area contributed by atoms with Gasteiger partial charge in [-0.1, -0.05) is 23.7 Å². The number of hydrogen-bond donors (Lipinski definition) is 2. The number of thiazole rings is 1. The molecule has 2 aliphatic rings. The molecule has 0 bridgehead atoms. The van der Waals surface area contributed by atoms with Gasteiger partial charge in [-0.2, -0.15) is 0 Å². The predicted octanol–water partition coefficient (Wildman–Crippen LogP) is 6.04. The molecule has 12 heteroatoms. The van der Waals surface area contributed by atoms with Crippen molar-refractivity contribution in [2.24, 2.45) is 0 Å². The molecule has 0 radical (unpaired) electrons. The van der Waals surface area contributed by atoms with Crippen LogP contribution >= 0.6 is 22.9 Å². The molecule has 8 nitrogen and oxygen atoms in total. The second kappa shape index (κ2) is 12.4. The molecule has 0 aliphatic carbocycles. The number of carbonyl (C=O) groups is 2. The van der Waals surface area contributed by atoms with E-state index in [4.69, 9.17) is 21.1 Å². The number of ether oxygens (including phenoxy) is 2. The minimum absolute atomic E-state index is 0.107. The Kier molecular flexibility index (Phi) is 9.01. The van der Waals surface area contributed by atoms with Crippen molar-refractivity contribution in [2.45, 2.75) is 38.3 Å². The van der Waals surface area contributed by atoms with Crippen LogP contribution in [-0.2, 0) is 11.3 Å². The van der Waals surface area contributed by atoms with E-state index in [-0.39, 0.29) is 46.0 Å². The van der Waals surface area contributed by atoms with Crippen LogP contribution in [0.25, 0.3) is 10.6 Å². The van der Waals surface area contributed by atoms with Crippen molar-refractivity contribution in [1.29, 1.82) is 0 Å². The zero-order chi connectivity index (χ0) is 27.2. The van der Waals surface area contributed by atoms with E-state index in [1.165, 1.54) is 31.0 Å². The highest BCUT2D eigenvalue weighted by atomic mass is 35.5. The molecule has 1 unspecified atom stereocenters. The van der Waals surface area contributed by atoms with Gasteiger partial charge in [-0.15, -0.1) is 11.3 Å². The molecule has 1 atom stereocenters. The number of benzene rings is 2. The number of aromatic nitrogens is 1. The van der Waals surface area contributed by atoms with Gasteiger partial charge in [-0.25, -0.2) is 18.6 Å². The summed E-state index contributed by atoms with van der Waals surface area (Å²) in [5, 5.41) is 15.1. The predicted molar refractivity (Wildman–Crippen MR) is 139 cm³/mol. The van der Waals surface area contributed by atoms with Crippen LogP contribution in [0.5, 0.6) is 11.5 Å². The molecule has 0 spiro atoms. The Hall–Kier alpha value is -3.44. The molecule has 3 aromatic rings. The van der Waals surface area contributed by atoms with E-state index in [9.17, 15) is 23.5 Å². The minimum atomic E-state index is -2.70. The number of halogens is 3. The Morgan fingerprint density at radius 1 is 1.32 bits per heavy atom. The Bertz CT molecular complexity index is 1290. The number of phenols is 1. The first-order valence-electron chi connectivity index (χ1n) is 11.9. The summed E-state index contributed by atoms with van der Waals surface area (Å²) in [6.07, 6.45) is 0.714. The molecule has 3 heterocycles. The van der Waals surface area contributed by atoms with Crippen molar-refractivity contribution < 1.29 is 33.0 Å². The fraction of sp³-hybridized carbons (Fsp3) is 0.346. The number of aromatic hydroxyl groups is 1. The second-order valence-corrected chi connectivity index (χ2v) is 9.97. The van der Waals surface area contributed by atoms with Gasteiger partial charge in [0.2, 0.25) is 0 Å².